The maximum atomic E-state index is 11.1. The average molecular weight is 196 g/mol. The highest BCUT2D eigenvalue weighted by molar-refractivity contribution is 7.46. The zero-order valence-corrected chi connectivity index (χ0v) is 8.12. The Labute approximate surface area is 71.0 Å². The topological polar surface area (TPSA) is 83.8 Å². The summed E-state index contributed by atoms with van der Waals surface area (Å²) >= 11 is 0. The van der Waals surface area contributed by atoms with Gasteiger partial charge in [0.25, 0.3) is 0 Å². The second-order valence-electron chi connectivity index (χ2n) is 2.80. The molecule has 0 saturated heterocycles. The van der Waals surface area contributed by atoms with Crippen molar-refractivity contribution in [1.29, 1.82) is 0 Å². The molecule has 12 heavy (non-hydrogen) atoms. The van der Waals surface area contributed by atoms with Crippen molar-refractivity contribution in [3.63, 3.8) is 0 Å². The second kappa shape index (κ2) is 4.14. The van der Waals surface area contributed by atoms with Crippen LogP contribution in [-0.2, 0) is 13.9 Å². The van der Waals surface area contributed by atoms with Crippen LogP contribution in [0.5, 0.6) is 0 Å². The number of Topliss-reactive ketones (excluding diaryl/α,β-unsaturated/α-hetero) is 1. The van der Waals surface area contributed by atoms with Crippen LogP contribution in [0.3, 0.4) is 0 Å². The van der Waals surface area contributed by atoms with Crippen molar-refractivity contribution in [3.05, 3.63) is 0 Å². The molecule has 0 aliphatic rings. The van der Waals surface area contributed by atoms with Gasteiger partial charge in [0.1, 0.15) is 6.10 Å². The lowest BCUT2D eigenvalue weighted by atomic mass is 10.1. The molecule has 0 saturated carbocycles. The molecule has 1 unspecified atom stereocenters. The number of phosphoric ester groups is 1. The molecule has 0 spiro atoms. The number of hydrogen-bond donors (Lipinski definition) is 2. The Morgan fingerprint density at radius 3 is 2.00 bits per heavy atom. The van der Waals surface area contributed by atoms with E-state index in [1.807, 2.05) is 0 Å². The normalized spacial score (nSPS) is 14.8. The van der Waals surface area contributed by atoms with Gasteiger partial charge in [0.15, 0.2) is 5.78 Å². The van der Waals surface area contributed by atoms with Gasteiger partial charge in [-0.3, -0.25) is 9.32 Å². The molecular weight excluding hydrogens is 183 g/mol. The van der Waals surface area contributed by atoms with E-state index in [4.69, 9.17) is 9.79 Å². The van der Waals surface area contributed by atoms with Crippen molar-refractivity contribution in [2.45, 2.75) is 26.9 Å². The summed E-state index contributed by atoms with van der Waals surface area (Å²) in [5, 5.41) is 0. The van der Waals surface area contributed by atoms with Crippen LogP contribution in [0.2, 0.25) is 0 Å². The van der Waals surface area contributed by atoms with Gasteiger partial charge in [-0.1, -0.05) is 13.8 Å². The Bertz CT molecular complexity index is 206. The monoisotopic (exact) mass is 196 g/mol. The van der Waals surface area contributed by atoms with Crippen molar-refractivity contribution >= 4 is 13.6 Å². The van der Waals surface area contributed by atoms with Crippen LogP contribution in [0.25, 0.3) is 0 Å². The van der Waals surface area contributed by atoms with E-state index in [9.17, 15) is 9.36 Å². The average Bonchev–Trinajstić information content (AvgIpc) is 1.82. The van der Waals surface area contributed by atoms with Crippen LogP contribution in [0.4, 0.5) is 0 Å². The van der Waals surface area contributed by atoms with E-state index in [2.05, 4.69) is 4.52 Å². The number of carbonyl (C=O) groups excluding carboxylic acids is 1. The Hall–Kier alpha value is -0.220. The van der Waals surface area contributed by atoms with Gasteiger partial charge in [0.2, 0.25) is 0 Å². The minimum Gasteiger partial charge on any atom is -0.303 e. The molecule has 6 heteroatoms. The number of hydrogen-bond acceptors (Lipinski definition) is 3. The standard InChI is InChI=1S/C6H13O5P/c1-4(2)6(7)5(3)11-12(8,9)10/h4-5H,1-3H3,(H2,8,9,10). The van der Waals surface area contributed by atoms with Gasteiger partial charge in [-0.05, 0) is 6.92 Å². The summed E-state index contributed by atoms with van der Waals surface area (Å²) in [5.74, 6) is -0.607. The van der Waals surface area contributed by atoms with E-state index in [1.54, 1.807) is 13.8 Å². The number of ketones is 1. The molecule has 0 aromatic carbocycles. The fourth-order valence-electron chi connectivity index (χ4n) is 0.727. The Balaban J connectivity index is 4.14. The van der Waals surface area contributed by atoms with E-state index in [-0.39, 0.29) is 11.7 Å². The van der Waals surface area contributed by atoms with Gasteiger partial charge in [-0.25, -0.2) is 4.57 Å². The zero-order valence-electron chi connectivity index (χ0n) is 7.22. The van der Waals surface area contributed by atoms with E-state index in [0.29, 0.717) is 0 Å². The molecule has 0 bridgehead atoms. The predicted molar refractivity (Wildman–Crippen MR) is 42.4 cm³/mol. The first-order valence-corrected chi connectivity index (χ1v) is 5.04. The summed E-state index contributed by atoms with van der Waals surface area (Å²) in [5.41, 5.74) is 0. The van der Waals surface area contributed by atoms with Crippen molar-refractivity contribution in [2.24, 2.45) is 5.92 Å². The lowest BCUT2D eigenvalue weighted by molar-refractivity contribution is -0.128. The molecule has 0 aromatic heterocycles. The van der Waals surface area contributed by atoms with Gasteiger partial charge >= 0.3 is 7.82 Å². The van der Waals surface area contributed by atoms with Crippen LogP contribution in [-0.4, -0.2) is 21.7 Å². The third-order valence-electron chi connectivity index (χ3n) is 1.27. The minimum atomic E-state index is -4.54. The van der Waals surface area contributed by atoms with Crippen molar-refractivity contribution in [2.75, 3.05) is 0 Å². The van der Waals surface area contributed by atoms with Gasteiger partial charge in [0, 0.05) is 5.92 Å². The van der Waals surface area contributed by atoms with E-state index in [0.717, 1.165) is 0 Å². The zero-order chi connectivity index (χ0) is 9.94. The van der Waals surface area contributed by atoms with Gasteiger partial charge < -0.3 is 9.79 Å². The molecule has 2 N–H and O–H groups in total. The molecule has 0 rings (SSSR count). The first-order chi connectivity index (χ1) is 5.24. The fraction of sp³-hybridized carbons (Fsp3) is 0.833. The molecule has 0 fully saturated rings. The lowest BCUT2D eigenvalue weighted by Gasteiger charge is -2.13. The Kier molecular flexibility index (Phi) is 4.06. The highest BCUT2D eigenvalue weighted by Crippen LogP contribution is 2.37. The summed E-state index contributed by atoms with van der Waals surface area (Å²) in [6, 6.07) is 0. The van der Waals surface area contributed by atoms with Crippen LogP contribution in [0.1, 0.15) is 20.8 Å². The van der Waals surface area contributed by atoms with Crippen LogP contribution >= 0.6 is 7.82 Å². The van der Waals surface area contributed by atoms with E-state index < -0.39 is 13.9 Å². The molecular formula is C6H13O5P. The Morgan fingerprint density at radius 1 is 1.33 bits per heavy atom. The summed E-state index contributed by atoms with van der Waals surface area (Å²) in [6.45, 7) is 4.60. The quantitative estimate of drug-likeness (QED) is 0.647. The van der Waals surface area contributed by atoms with E-state index >= 15 is 0 Å². The highest BCUT2D eigenvalue weighted by atomic mass is 31.2. The molecule has 0 amide bonds. The first-order valence-electron chi connectivity index (χ1n) is 3.51. The van der Waals surface area contributed by atoms with Crippen molar-refractivity contribution in [1.82, 2.24) is 0 Å². The summed E-state index contributed by atoms with van der Waals surface area (Å²) in [7, 11) is -4.54. The second-order valence-corrected chi connectivity index (χ2v) is 3.99. The first kappa shape index (κ1) is 11.8. The molecule has 0 aliphatic carbocycles. The van der Waals surface area contributed by atoms with Crippen LogP contribution in [0, 0.1) is 5.92 Å². The predicted octanol–water partition coefficient (Wildman–Crippen LogP) is 0.709. The maximum Gasteiger partial charge on any atom is 0.470 e. The number of carbonyl (C=O) groups is 1. The van der Waals surface area contributed by atoms with Crippen LogP contribution < -0.4 is 0 Å². The molecule has 0 heterocycles. The molecule has 72 valence electrons. The molecule has 0 aliphatic heterocycles. The minimum absolute atomic E-state index is 0.286. The SMILES string of the molecule is CC(C)C(=O)C(C)OP(=O)(O)O. The van der Waals surface area contributed by atoms with Crippen molar-refractivity contribution < 1.29 is 23.7 Å². The maximum absolute atomic E-state index is 11.1. The molecule has 0 aromatic rings. The number of rotatable bonds is 4. The molecule has 5 nitrogen and oxygen atoms in total. The van der Waals surface area contributed by atoms with Crippen molar-refractivity contribution in [3.8, 4) is 0 Å². The third-order valence-corrected chi connectivity index (χ3v) is 1.86. The fourth-order valence-corrected chi connectivity index (χ4v) is 1.24. The highest BCUT2D eigenvalue weighted by Gasteiger charge is 2.25. The Morgan fingerprint density at radius 2 is 1.75 bits per heavy atom. The van der Waals surface area contributed by atoms with Gasteiger partial charge in [-0.2, -0.15) is 0 Å². The smallest absolute Gasteiger partial charge is 0.303 e. The van der Waals surface area contributed by atoms with Gasteiger partial charge in [-0.15, -0.1) is 0 Å². The van der Waals surface area contributed by atoms with Crippen LogP contribution in [0.15, 0.2) is 0 Å². The summed E-state index contributed by atoms with van der Waals surface area (Å²) < 4.78 is 14.5. The number of phosphoric acid groups is 1. The van der Waals surface area contributed by atoms with Gasteiger partial charge in [0.05, 0.1) is 0 Å². The lowest BCUT2D eigenvalue weighted by Crippen LogP contribution is -2.24. The summed E-state index contributed by atoms with van der Waals surface area (Å²) in [4.78, 5) is 27.8. The largest absolute Gasteiger partial charge is 0.470 e. The summed E-state index contributed by atoms with van der Waals surface area (Å²) in [6.07, 6.45) is -1.05. The third kappa shape index (κ3) is 4.62. The van der Waals surface area contributed by atoms with E-state index in [1.165, 1.54) is 6.92 Å². The molecule has 1 atom stereocenters. The molecule has 0 radical (unpaired) electrons.